The average Bonchev–Trinajstić information content (AvgIpc) is 2.67. The molecule has 0 saturated heterocycles. The van der Waals surface area contributed by atoms with Gasteiger partial charge in [0.25, 0.3) is 0 Å². The number of esters is 1. The van der Waals surface area contributed by atoms with E-state index in [1.165, 1.54) is 57.4 Å². The van der Waals surface area contributed by atoms with Gasteiger partial charge in [0.15, 0.2) is 0 Å². The molecule has 0 heterocycles. The zero-order valence-electron chi connectivity index (χ0n) is 18.3. The normalized spacial score (nSPS) is 13.2. The van der Waals surface area contributed by atoms with Gasteiger partial charge >= 0.3 is 5.97 Å². The molecule has 0 aliphatic carbocycles. The second-order valence-electron chi connectivity index (χ2n) is 7.97. The summed E-state index contributed by atoms with van der Waals surface area (Å²) in [5.41, 5.74) is 0. The van der Waals surface area contributed by atoms with Crippen LogP contribution in [0.5, 0.6) is 0 Å². The molecule has 0 aromatic rings. The Kier molecular flexibility index (Phi) is 19.3. The van der Waals surface area contributed by atoms with Crippen LogP contribution >= 0.6 is 7.37 Å². The zero-order valence-corrected chi connectivity index (χ0v) is 19.2. The molecule has 0 radical (unpaired) electrons. The minimum Gasteiger partial charge on any atom is -0.463 e. The van der Waals surface area contributed by atoms with Crippen LogP contribution in [0.25, 0.3) is 0 Å². The first-order valence-electron chi connectivity index (χ1n) is 11.6. The summed E-state index contributed by atoms with van der Waals surface area (Å²) in [5, 5.41) is 0. The van der Waals surface area contributed by atoms with Crippen molar-refractivity contribution in [1.82, 2.24) is 0 Å². The monoisotopic (exact) mass is 416 g/mol. The van der Waals surface area contributed by atoms with Crippen LogP contribution < -0.4 is 0 Å². The lowest BCUT2D eigenvalue weighted by molar-refractivity contribution is -0.137. The lowest BCUT2D eigenvalue weighted by Gasteiger charge is -2.11. The van der Waals surface area contributed by atoms with Crippen LogP contribution in [-0.4, -0.2) is 29.8 Å². The lowest BCUT2D eigenvalue weighted by atomic mass is 10.1. The molecular weight excluding hydrogens is 371 g/mol. The first-order valence-corrected chi connectivity index (χ1v) is 13.6. The maximum Gasteiger partial charge on any atom is 0.330 e. The van der Waals surface area contributed by atoms with E-state index in [9.17, 15) is 14.3 Å². The van der Waals surface area contributed by atoms with Crippen molar-refractivity contribution in [2.24, 2.45) is 0 Å². The number of rotatable bonds is 21. The number of carbonyl (C=O) groups is 1. The summed E-state index contributed by atoms with van der Waals surface area (Å²) < 4.78 is 17.1. The summed E-state index contributed by atoms with van der Waals surface area (Å²) in [6.45, 7) is 6.06. The summed E-state index contributed by atoms with van der Waals surface area (Å²) in [6, 6.07) is 0. The highest BCUT2D eigenvalue weighted by atomic mass is 31.2. The molecule has 0 rings (SSSR count). The summed E-state index contributed by atoms with van der Waals surface area (Å²) in [4.78, 5) is 21.0. The van der Waals surface area contributed by atoms with Gasteiger partial charge in [-0.3, -0.25) is 4.57 Å². The SMILES string of the molecule is C=CC(=O)OCCCCCCCCP(=O)(O)CCCCCCCCCCCC. The van der Waals surface area contributed by atoms with Crippen molar-refractivity contribution in [2.75, 3.05) is 18.9 Å². The highest BCUT2D eigenvalue weighted by Crippen LogP contribution is 2.42. The van der Waals surface area contributed by atoms with Gasteiger partial charge < -0.3 is 9.63 Å². The summed E-state index contributed by atoms with van der Waals surface area (Å²) >= 11 is 0. The van der Waals surface area contributed by atoms with Gasteiger partial charge in [-0.15, -0.1) is 0 Å². The van der Waals surface area contributed by atoms with Crippen LogP contribution in [0.1, 0.15) is 110 Å². The molecule has 1 N–H and O–H groups in total. The van der Waals surface area contributed by atoms with Gasteiger partial charge in [0.2, 0.25) is 7.37 Å². The van der Waals surface area contributed by atoms with Crippen molar-refractivity contribution >= 4 is 13.3 Å². The minimum absolute atomic E-state index is 0.360. The Bertz CT molecular complexity index is 423. The largest absolute Gasteiger partial charge is 0.463 e. The van der Waals surface area contributed by atoms with Crippen LogP contribution in [0, 0.1) is 0 Å². The quantitative estimate of drug-likeness (QED) is 0.0926. The molecule has 0 amide bonds. The van der Waals surface area contributed by atoms with Gasteiger partial charge in [0.1, 0.15) is 0 Å². The van der Waals surface area contributed by atoms with Crippen molar-refractivity contribution in [3.63, 3.8) is 0 Å². The third-order valence-electron chi connectivity index (χ3n) is 5.17. The molecule has 0 aliphatic rings. The first kappa shape index (κ1) is 27.4. The Morgan fingerprint density at radius 3 is 1.61 bits per heavy atom. The zero-order chi connectivity index (χ0) is 20.9. The molecule has 0 aliphatic heterocycles. The fraction of sp³-hybridized carbons (Fsp3) is 0.870. The molecule has 0 aromatic heterocycles. The van der Waals surface area contributed by atoms with Crippen LogP contribution in [0.15, 0.2) is 12.7 Å². The van der Waals surface area contributed by atoms with Gasteiger partial charge in [-0.05, 0) is 19.3 Å². The molecule has 1 atom stereocenters. The molecule has 4 nitrogen and oxygen atoms in total. The second-order valence-corrected chi connectivity index (χ2v) is 10.6. The Morgan fingerprint density at radius 2 is 1.18 bits per heavy atom. The van der Waals surface area contributed by atoms with Gasteiger partial charge in [0, 0.05) is 18.4 Å². The van der Waals surface area contributed by atoms with E-state index in [4.69, 9.17) is 4.74 Å². The van der Waals surface area contributed by atoms with Crippen LogP contribution in [0.2, 0.25) is 0 Å². The maximum absolute atomic E-state index is 12.2. The molecule has 0 saturated carbocycles. The van der Waals surface area contributed by atoms with Crippen LogP contribution in [0.4, 0.5) is 0 Å². The fourth-order valence-corrected chi connectivity index (χ4v) is 5.02. The number of unbranched alkanes of at least 4 members (excludes halogenated alkanes) is 14. The van der Waals surface area contributed by atoms with Gasteiger partial charge in [-0.1, -0.05) is 97.0 Å². The highest BCUT2D eigenvalue weighted by molar-refractivity contribution is 7.57. The smallest absolute Gasteiger partial charge is 0.330 e. The summed E-state index contributed by atoms with van der Waals surface area (Å²) in [5.74, 6) is -0.360. The van der Waals surface area contributed by atoms with E-state index in [0.717, 1.165) is 51.4 Å². The van der Waals surface area contributed by atoms with E-state index < -0.39 is 7.37 Å². The van der Waals surface area contributed by atoms with Gasteiger partial charge in [-0.2, -0.15) is 0 Å². The second kappa shape index (κ2) is 19.7. The van der Waals surface area contributed by atoms with E-state index in [1.54, 1.807) is 0 Å². The molecule has 0 spiro atoms. The summed E-state index contributed by atoms with van der Waals surface area (Å²) in [7, 11) is -2.91. The first-order chi connectivity index (χ1) is 13.5. The standard InChI is InChI=1S/C23H45O4P/c1-3-5-6-7-8-9-10-12-15-18-21-28(25,26)22-19-16-13-11-14-17-20-27-23(24)4-2/h4H,2-3,5-22H2,1H3,(H,25,26). The lowest BCUT2D eigenvalue weighted by Crippen LogP contribution is -2.01. The molecule has 0 bridgehead atoms. The molecule has 166 valence electrons. The van der Waals surface area contributed by atoms with Crippen molar-refractivity contribution < 1.29 is 19.0 Å². The highest BCUT2D eigenvalue weighted by Gasteiger charge is 2.16. The van der Waals surface area contributed by atoms with Crippen molar-refractivity contribution in [2.45, 2.75) is 110 Å². The molecule has 5 heteroatoms. The van der Waals surface area contributed by atoms with E-state index in [0.29, 0.717) is 18.9 Å². The Balaban J connectivity index is 3.38. The van der Waals surface area contributed by atoms with Crippen molar-refractivity contribution in [3.8, 4) is 0 Å². The summed E-state index contributed by atoms with van der Waals surface area (Å²) in [6.07, 6.45) is 20.6. The number of hydrogen-bond acceptors (Lipinski definition) is 3. The molecular formula is C23H45O4P. The third-order valence-corrected chi connectivity index (χ3v) is 7.20. The Morgan fingerprint density at radius 1 is 0.786 bits per heavy atom. The average molecular weight is 417 g/mol. The predicted octanol–water partition coefficient (Wildman–Crippen LogP) is 7.25. The Hall–Kier alpha value is -0.600. The van der Waals surface area contributed by atoms with Crippen LogP contribution in [-0.2, 0) is 14.1 Å². The fourth-order valence-electron chi connectivity index (χ4n) is 3.36. The number of ether oxygens (including phenoxy) is 1. The van der Waals surface area contributed by atoms with Gasteiger partial charge in [0.05, 0.1) is 6.61 Å². The molecule has 0 aromatic carbocycles. The molecule has 28 heavy (non-hydrogen) atoms. The van der Waals surface area contributed by atoms with Gasteiger partial charge in [-0.25, -0.2) is 4.79 Å². The number of hydrogen-bond donors (Lipinski definition) is 1. The minimum atomic E-state index is -2.91. The van der Waals surface area contributed by atoms with Crippen LogP contribution in [0.3, 0.4) is 0 Å². The van der Waals surface area contributed by atoms with E-state index >= 15 is 0 Å². The molecule has 1 unspecified atom stereocenters. The molecule has 0 fully saturated rings. The van der Waals surface area contributed by atoms with E-state index in [1.807, 2.05) is 0 Å². The maximum atomic E-state index is 12.2. The van der Waals surface area contributed by atoms with E-state index in [2.05, 4.69) is 13.5 Å². The van der Waals surface area contributed by atoms with Crippen molar-refractivity contribution in [1.29, 1.82) is 0 Å². The third kappa shape index (κ3) is 20.1. The van der Waals surface area contributed by atoms with E-state index in [-0.39, 0.29) is 5.97 Å². The Labute approximate surface area is 174 Å². The predicted molar refractivity (Wildman–Crippen MR) is 120 cm³/mol. The van der Waals surface area contributed by atoms with Crippen molar-refractivity contribution in [3.05, 3.63) is 12.7 Å². The topological polar surface area (TPSA) is 63.6 Å². The number of carbonyl (C=O) groups excluding carboxylic acids is 1.